The summed E-state index contributed by atoms with van der Waals surface area (Å²) >= 11 is 1.71. The van der Waals surface area contributed by atoms with Gasteiger partial charge in [-0.15, -0.1) is 11.3 Å². The number of anilines is 1. The van der Waals surface area contributed by atoms with E-state index in [1.165, 1.54) is 10.4 Å². The largest absolute Gasteiger partial charge is 0.352 e. The Morgan fingerprint density at radius 2 is 2.21 bits per heavy atom. The first-order valence-electron chi connectivity index (χ1n) is 6.47. The molecule has 100 valence electrons. The maximum absolute atomic E-state index is 4.71. The quantitative estimate of drug-likeness (QED) is 0.797. The second kappa shape index (κ2) is 4.45. The third-order valence-corrected chi connectivity index (χ3v) is 4.64. The van der Waals surface area contributed by atoms with Gasteiger partial charge in [0.2, 0.25) is 5.95 Å². The summed E-state index contributed by atoms with van der Waals surface area (Å²) in [6, 6.07) is 0.361. The molecule has 3 aromatic heterocycles. The smallest absolute Gasteiger partial charge is 0.227 e. The monoisotopic (exact) mass is 275 g/mol. The van der Waals surface area contributed by atoms with E-state index in [-0.39, 0.29) is 0 Å². The molecule has 0 amide bonds. The summed E-state index contributed by atoms with van der Waals surface area (Å²) in [6.45, 7) is 8.52. The highest BCUT2D eigenvalue weighted by molar-refractivity contribution is 7.18. The first-order valence-corrected chi connectivity index (χ1v) is 7.29. The van der Waals surface area contributed by atoms with Crippen LogP contribution in [0.3, 0.4) is 0 Å². The number of hydrogen-bond acceptors (Lipinski definition) is 5. The maximum Gasteiger partial charge on any atom is 0.227 e. The van der Waals surface area contributed by atoms with Gasteiger partial charge in [-0.25, -0.2) is 9.97 Å². The molecule has 3 aromatic rings. The van der Waals surface area contributed by atoms with E-state index < -0.39 is 0 Å². The van der Waals surface area contributed by atoms with Crippen molar-refractivity contribution >= 4 is 33.1 Å². The zero-order valence-electron chi connectivity index (χ0n) is 11.6. The molecule has 1 N–H and O–H groups in total. The molecule has 5 nitrogen and oxygen atoms in total. The highest BCUT2D eigenvalue weighted by atomic mass is 32.1. The third kappa shape index (κ3) is 1.87. The molecule has 0 radical (unpaired) electrons. The Kier molecular flexibility index (Phi) is 2.89. The minimum Gasteiger partial charge on any atom is -0.352 e. The maximum atomic E-state index is 4.71. The number of hydrogen-bond donors (Lipinski definition) is 1. The summed E-state index contributed by atoms with van der Waals surface area (Å²) in [6.07, 6.45) is 2.63. The van der Waals surface area contributed by atoms with Gasteiger partial charge in [0.25, 0.3) is 0 Å². The van der Waals surface area contributed by atoms with E-state index in [0.29, 0.717) is 6.04 Å². The molecule has 0 aliphatic rings. The van der Waals surface area contributed by atoms with E-state index in [2.05, 4.69) is 43.1 Å². The van der Waals surface area contributed by atoms with Gasteiger partial charge in [-0.05, 0) is 32.8 Å². The van der Waals surface area contributed by atoms with E-state index in [0.717, 1.165) is 28.2 Å². The Balaban J connectivity index is 2.29. The number of aromatic nitrogens is 4. The van der Waals surface area contributed by atoms with Crippen molar-refractivity contribution in [3.05, 3.63) is 16.8 Å². The Hall–Kier alpha value is -1.69. The van der Waals surface area contributed by atoms with Crippen molar-refractivity contribution in [3.63, 3.8) is 0 Å². The van der Waals surface area contributed by atoms with Crippen molar-refractivity contribution in [2.45, 2.75) is 40.2 Å². The van der Waals surface area contributed by atoms with Crippen molar-refractivity contribution in [3.8, 4) is 0 Å². The van der Waals surface area contributed by atoms with Gasteiger partial charge in [0.05, 0.1) is 5.39 Å². The van der Waals surface area contributed by atoms with E-state index in [4.69, 9.17) is 4.98 Å². The van der Waals surface area contributed by atoms with Crippen LogP contribution in [0, 0.1) is 13.8 Å². The number of fused-ring (bicyclic) bond motifs is 3. The normalized spacial score (nSPS) is 13.3. The second-order valence-electron chi connectivity index (χ2n) is 4.85. The lowest BCUT2D eigenvalue weighted by atomic mass is 10.2. The summed E-state index contributed by atoms with van der Waals surface area (Å²) < 4.78 is 1.80. The summed E-state index contributed by atoms with van der Waals surface area (Å²) in [5.41, 5.74) is 2.14. The molecular formula is C13H17N5S. The number of rotatable bonds is 3. The molecular weight excluding hydrogens is 258 g/mol. The molecule has 0 saturated carbocycles. The third-order valence-electron chi connectivity index (χ3n) is 3.53. The summed E-state index contributed by atoms with van der Waals surface area (Å²) in [5, 5.41) is 8.81. The first-order chi connectivity index (χ1) is 9.11. The number of thiophene rings is 1. The van der Waals surface area contributed by atoms with Crippen LogP contribution in [0.5, 0.6) is 0 Å². The van der Waals surface area contributed by atoms with Gasteiger partial charge in [-0.1, -0.05) is 6.92 Å². The lowest BCUT2D eigenvalue weighted by molar-refractivity contribution is 0.743. The lowest BCUT2D eigenvalue weighted by Crippen LogP contribution is -2.17. The number of aryl methyl sites for hydroxylation is 2. The van der Waals surface area contributed by atoms with Crippen LogP contribution in [0.2, 0.25) is 0 Å². The van der Waals surface area contributed by atoms with Crippen LogP contribution in [-0.2, 0) is 0 Å². The molecule has 1 atom stereocenters. The fraction of sp³-hybridized carbons (Fsp3) is 0.462. The van der Waals surface area contributed by atoms with Gasteiger partial charge in [-0.3, -0.25) is 0 Å². The molecule has 0 aromatic carbocycles. The van der Waals surface area contributed by atoms with Gasteiger partial charge < -0.3 is 5.32 Å². The van der Waals surface area contributed by atoms with Crippen LogP contribution in [-0.4, -0.2) is 25.6 Å². The zero-order valence-corrected chi connectivity index (χ0v) is 12.4. The molecule has 3 rings (SSSR count). The van der Waals surface area contributed by atoms with Crippen molar-refractivity contribution in [2.75, 3.05) is 5.32 Å². The Bertz CT molecular complexity index is 742. The summed E-state index contributed by atoms with van der Waals surface area (Å²) in [5.74, 6) is 0.774. The van der Waals surface area contributed by atoms with Crippen molar-refractivity contribution < 1.29 is 0 Å². The molecule has 0 unspecified atom stereocenters. The molecule has 0 aliphatic carbocycles. The molecule has 0 aliphatic heterocycles. The summed E-state index contributed by atoms with van der Waals surface area (Å²) in [4.78, 5) is 11.4. The Morgan fingerprint density at radius 1 is 1.42 bits per heavy atom. The van der Waals surface area contributed by atoms with Gasteiger partial charge >= 0.3 is 0 Å². The van der Waals surface area contributed by atoms with Crippen LogP contribution in [0.15, 0.2) is 6.33 Å². The standard InChI is InChI=1S/C13H17N5S/c1-5-7(2)16-13-17-12-10(8(3)9(4)19-12)11-14-6-15-18(11)13/h6-7H,5H2,1-4H3,(H,16,17)/t7-/m1/s1. The van der Waals surface area contributed by atoms with E-state index >= 15 is 0 Å². The van der Waals surface area contributed by atoms with Gasteiger partial charge in [0.1, 0.15) is 11.2 Å². The average molecular weight is 275 g/mol. The van der Waals surface area contributed by atoms with E-state index in [9.17, 15) is 0 Å². The zero-order chi connectivity index (χ0) is 13.6. The first kappa shape index (κ1) is 12.3. The Morgan fingerprint density at radius 3 is 2.95 bits per heavy atom. The molecule has 3 heterocycles. The summed E-state index contributed by atoms with van der Waals surface area (Å²) in [7, 11) is 0. The average Bonchev–Trinajstić information content (AvgIpc) is 2.96. The van der Waals surface area contributed by atoms with Gasteiger partial charge in [0, 0.05) is 10.9 Å². The van der Waals surface area contributed by atoms with Gasteiger partial charge in [0.15, 0.2) is 5.65 Å². The minimum absolute atomic E-state index is 0.361. The fourth-order valence-electron chi connectivity index (χ4n) is 2.08. The van der Waals surface area contributed by atoms with Crippen LogP contribution < -0.4 is 5.32 Å². The predicted octanol–water partition coefficient (Wildman–Crippen LogP) is 3.17. The van der Waals surface area contributed by atoms with E-state index in [1.807, 2.05) is 0 Å². The number of nitrogens with one attached hydrogen (secondary N) is 1. The predicted molar refractivity (Wildman–Crippen MR) is 79.0 cm³/mol. The molecule has 0 saturated heterocycles. The second-order valence-corrected chi connectivity index (χ2v) is 6.05. The van der Waals surface area contributed by atoms with Crippen LogP contribution >= 0.6 is 11.3 Å². The highest BCUT2D eigenvalue weighted by Crippen LogP contribution is 2.32. The molecule has 0 bridgehead atoms. The number of nitrogens with zero attached hydrogens (tertiary/aromatic N) is 4. The van der Waals surface area contributed by atoms with Crippen molar-refractivity contribution in [1.29, 1.82) is 0 Å². The van der Waals surface area contributed by atoms with Crippen LogP contribution in [0.25, 0.3) is 15.9 Å². The van der Waals surface area contributed by atoms with Gasteiger partial charge in [-0.2, -0.15) is 9.61 Å². The SMILES string of the molecule is CC[C@@H](C)Nc1nc2sc(C)c(C)c2c2ncnn12. The van der Waals surface area contributed by atoms with Crippen molar-refractivity contribution in [2.24, 2.45) is 0 Å². The molecule has 6 heteroatoms. The van der Waals surface area contributed by atoms with Crippen LogP contribution in [0.4, 0.5) is 5.95 Å². The molecule has 19 heavy (non-hydrogen) atoms. The lowest BCUT2D eigenvalue weighted by Gasteiger charge is -2.12. The minimum atomic E-state index is 0.361. The molecule has 0 fully saturated rings. The highest BCUT2D eigenvalue weighted by Gasteiger charge is 2.16. The fourth-order valence-corrected chi connectivity index (χ4v) is 3.10. The van der Waals surface area contributed by atoms with E-state index in [1.54, 1.807) is 22.2 Å². The topological polar surface area (TPSA) is 55.1 Å². The van der Waals surface area contributed by atoms with Crippen LogP contribution in [0.1, 0.15) is 30.7 Å². The Labute approximate surface area is 115 Å². The molecule has 0 spiro atoms. The van der Waals surface area contributed by atoms with Crippen molar-refractivity contribution in [1.82, 2.24) is 19.6 Å².